The first kappa shape index (κ1) is 14.8. The van der Waals surface area contributed by atoms with Crippen molar-refractivity contribution in [1.29, 1.82) is 0 Å². The topological polar surface area (TPSA) is 12.0 Å². The van der Waals surface area contributed by atoms with Crippen molar-refractivity contribution in [2.75, 3.05) is 6.54 Å². The van der Waals surface area contributed by atoms with E-state index in [2.05, 4.69) is 33.0 Å². The van der Waals surface area contributed by atoms with Gasteiger partial charge in [-0.2, -0.15) is 0 Å². The van der Waals surface area contributed by atoms with Crippen LogP contribution in [0.1, 0.15) is 33.3 Å². The Labute approximate surface area is 115 Å². The monoisotopic (exact) mass is 273 g/mol. The van der Waals surface area contributed by atoms with Gasteiger partial charge in [0.25, 0.3) is 0 Å². The molecule has 0 aliphatic heterocycles. The minimum absolute atomic E-state index is 0.173. The SMILES string of the molecule is CC(CNC(C)(C)C)Cc1ccc(Cl)c(Cl)c1. The number of halogens is 2. The van der Waals surface area contributed by atoms with Crippen molar-refractivity contribution < 1.29 is 0 Å². The van der Waals surface area contributed by atoms with Gasteiger partial charge in [-0.25, -0.2) is 0 Å². The molecule has 0 fully saturated rings. The van der Waals surface area contributed by atoms with Gasteiger partial charge in [0.05, 0.1) is 10.0 Å². The molecular weight excluding hydrogens is 253 g/mol. The first-order valence-electron chi connectivity index (χ1n) is 5.97. The summed E-state index contributed by atoms with van der Waals surface area (Å²) < 4.78 is 0. The normalized spacial score (nSPS) is 13.8. The van der Waals surface area contributed by atoms with Gasteiger partial charge in [-0.15, -0.1) is 0 Å². The molecule has 0 heterocycles. The first-order chi connectivity index (χ1) is 7.78. The number of rotatable bonds is 4. The van der Waals surface area contributed by atoms with Gasteiger partial charge in [0.2, 0.25) is 0 Å². The molecule has 1 aromatic rings. The van der Waals surface area contributed by atoms with E-state index in [1.54, 1.807) is 0 Å². The van der Waals surface area contributed by atoms with E-state index in [-0.39, 0.29) is 5.54 Å². The maximum atomic E-state index is 6.00. The molecule has 0 radical (unpaired) electrons. The quantitative estimate of drug-likeness (QED) is 0.848. The maximum Gasteiger partial charge on any atom is 0.0595 e. The van der Waals surface area contributed by atoms with Crippen LogP contribution in [0.15, 0.2) is 18.2 Å². The predicted octanol–water partition coefficient (Wildman–Crippen LogP) is 4.56. The highest BCUT2D eigenvalue weighted by molar-refractivity contribution is 6.42. The van der Waals surface area contributed by atoms with E-state index < -0.39 is 0 Å². The van der Waals surface area contributed by atoms with E-state index in [0.717, 1.165) is 13.0 Å². The Balaban J connectivity index is 2.50. The fourth-order valence-corrected chi connectivity index (χ4v) is 1.94. The van der Waals surface area contributed by atoms with Crippen molar-refractivity contribution >= 4 is 23.2 Å². The highest BCUT2D eigenvalue weighted by Gasteiger charge is 2.11. The zero-order chi connectivity index (χ0) is 13.1. The summed E-state index contributed by atoms with van der Waals surface area (Å²) in [6.45, 7) is 9.78. The van der Waals surface area contributed by atoms with Crippen molar-refractivity contribution in [3.8, 4) is 0 Å². The summed E-state index contributed by atoms with van der Waals surface area (Å²) in [4.78, 5) is 0. The van der Waals surface area contributed by atoms with E-state index in [0.29, 0.717) is 16.0 Å². The molecule has 0 aliphatic carbocycles. The predicted molar refractivity (Wildman–Crippen MR) is 77.1 cm³/mol. The van der Waals surface area contributed by atoms with Gasteiger partial charge < -0.3 is 5.32 Å². The number of hydrogen-bond donors (Lipinski definition) is 1. The summed E-state index contributed by atoms with van der Waals surface area (Å²) in [6, 6.07) is 5.86. The summed E-state index contributed by atoms with van der Waals surface area (Å²) in [5.74, 6) is 0.575. The van der Waals surface area contributed by atoms with Gasteiger partial charge in [0.1, 0.15) is 0 Å². The lowest BCUT2D eigenvalue weighted by molar-refractivity contribution is 0.381. The van der Waals surface area contributed by atoms with E-state index in [1.165, 1.54) is 5.56 Å². The van der Waals surface area contributed by atoms with Crippen molar-refractivity contribution in [3.05, 3.63) is 33.8 Å². The van der Waals surface area contributed by atoms with Crippen LogP contribution in [-0.4, -0.2) is 12.1 Å². The fraction of sp³-hybridized carbons (Fsp3) is 0.571. The molecule has 0 aromatic heterocycles. The van der Waals surface area contributed by atoms with Crippen LogP contribution in [0.2, 0.25) is 10.0 Å². The number of nitrogens with one attached hydrogen (secondary N) is 1. The van der Waals surface area contributed by atoms with E-state index in [9.17, 15) is 0 Å². The highest BCUT2D eigenvalue weighted by Crippen LogP contribution is 2.23. The molecule has 1 unspecified atom stereocenters. The average Bonchev–Trinajstić information content (AvgIpc) is 2.20. The van der Waals surface area contributed by atoms with Crippen molar-refractivity contribution in [2.24, 2.45) is 5.92 Å². The minimum atomic E-state index is 0.173. The lowest BCUT2D eigenvalue weighted by Gasteiger charge is -2.23. The number of benzene rings is 1. The molecule has 1 aromatic carbocycles. The highest BCUT2D eigenvalue weighted by atomic mass is 35.5. The third kappa shape index (κ3) is 5.76. The van der Waals surface area contributed by atoms with Gasteiger partial charge in [-0.05, 0) is 57.4 Å². The van der Waals surface area contributed by atoms with Crippen molar-refractivity contribution in [1.82, 2.24) is 5.32 Å². The minimum Gasteiger partial charge on any atom is -0.312 e. The lowest BCUT2D eigenvalue weighted by atomic mass is 9.99. The molecule has 0 saturated carbocycles. The van der Waals surface area contributed by atoms with Gasteiger partial charge in [0, 0.05) is 5.54 Å². The Morgan fingerprint density at radius 3 is 2.35 bits per heavy atom. The molecule has 0 bridgehead atoms. The van der Waals surface area contributed by atoms with Gasteiger partial charge >= 0.3 is 0 Å². The van der Waals surface area contributed by atoms with Gasteiger partial charge in [-0.3, -0.25) is 0 Å². The molecule has 1 N–H and O–H groups in total. The third-order valence-corrected chi connectivity index (χ3v) is 3.29. The Hall–Kier alpha value is -0.240. The van der Waals surface area contributed by atoms with Crippen LogP contribution < -0.4 is 5.32 Å². The van der Waals surface area contributed by atoms with Crippen LogP contribution in [-0.2, 0) is 6.42 Å². The first-order valence-corrected chi connectivity index (χ1v) is 6.72. The molecule has 1 rings (SSSR count). The van der Waals surface area contributed by atoms with E-state index in [1.807, 2.05) is 18.2 Å². The lowest BCUT2D eigenvalue weighted by Crippen LogP contribution is -2.39. The Morgan fingerprint density at radius 2 is 1.82 bits per heavy atom. The molecule has 96 valence electrons. The fourth-order valence-electron chi connectivity index (χ4n) is 1.62. The zero-order valence-electron chi connectivity index (χ0n) is 11.0. The summed E-state index contributed by atoms with van der Waals surface area (Å²) in [5.41, 5.74) is 1.41. The summed E-state index contributed by atoms with van der Waals surface area (Å²) >= 11 is 11.9. The van der Waals surface area contributed by atoms with Crippen LogP contribution in [0.25, 0.3) is 0 Å². The van der Waals surface area contributed by atoms with Gasteiger partial charge in [0.15, 0.2) is 0 Å². The van der Waals surface area contributed by atoms with E-state index >= 15 is 0 Å². The van der Waals surface area contributed by atoms with Gasteiger partial charge in [-0.1, -0.05) is 36.2 Å². The smallest absolute Gasteiger partial charge is 0.0595 e. The molecule has 3 heteroatoms. The Morgan fingerprint density at radius 1 is 1.18 bits per heavy atom. The maximum absolute atomic E-state index is 6.00. The van der Waals surface area contributed by atoms with Crippen molar-refractivity contribution in [3.63, 3.8) is 0 Å². The van der Waals surface area contributed by atoms with Crippen LogP contribution in [0.5, 0.6) is 0 Å². The molecule has 0 amide bonds. The van der Waals surface area contributed by atoms with Crippen LogP contribution in [0.3, 0.4) is 0 Å². The average molecular weight is 274 g/mol. The van der Waals surface area contributed by atoms with Crippen LogP contribution in [0.4, 0.5) is 0 Å². The second-order valence-electron chi connectivity index (χ2n) is 5.69. The molecule has 1 atom stereocenters. The second-order valence-corrected chi connectivity index (χ2v) is 6.50. The Kier molecular flexibility index (Phi) is 5.30. The Bertz CT molecular complexity index is 369. The molecule has 1 nitrogen and oxygen atoms in total. The second kappa shape index (κ2) is 6.08. The molecular formula is C14H21Cl2N. The third-order valence-electron chi connectivity index (χ3n) is 2.55. The summed E-state index contributed by atoms with van der Waals surface area (Å²) in [7, 11) is 0. The van der Waals surface area contributed by atoms with Crippen molar-refractivity contribution in [2.45, 2.75) is 39.7 Å². The molecule has 17 heavy (non-hydrogen) atoms. The van der Waals surface area contributed by atoms with Crippen LogP contribution >= 0.6 is 23.2 Å². The standard InChI is InChI=1S/C14H21Cl2N/c1-10(9-17-14(2,3)4)7-11-5-6-12(15)13(16)8-11/h5-6,8,10,17H,7,9H2,1-4H3. The largest absolute Gasteiger partial charge is 0.312 e. The molecule has 0 spiro atoms. The molecule has 0 aliphatic rings. The molecule has 0 saturated heterocycles. The summed E-state index contributed by atoms with van der Waals surface area (Å²) in [6.07, 6.45) is 1.01. The number of hydrogen-bond acceptors (Lipinski definition) is 1. The van der Waals surface area contributed by atoms with E-state index in [4.69, 9.17) is 23.2 Å². The summed E-state index contributed by atoms with van der Waals surface area (Å²) in [5, 5.41) is 4.77. The van der Waals surface area contributed by atoms with Crippen LogP contribution in [0, 0.1) is 5.92 Å². The zero-order valence-corrected chi connectivity index (χ0v) is 12.5.